The van der Waals surface area contributed by atoms with Crippen molar-refractivity contribution in [1.82, 2.24) is 9.78 Å². The Balaban J connectivity index is 2.15. The van der Waals surface area contributed by atoms with Gasteiger partial charge in [0.25, 0.3) is 0 Å². The van der Waals surface area contributed by atoms with E-state index >= 15 is 0 Å². The van der Waals surface area contributed by atoms with Crippen LogP contribution in [-0.2, 0) is 4.74 Å². The van der Waals surface area contributed by atoms with Crippen LogP contribution in [0.4, 0.5) is 5.82 Å². The molecule has 0 bridgehead atoms. The summed E-state index contributed by atoms with van der Waals surface area (Å²) in [5, 5.41) is 14.5. The van der Waals surface area contributed by atoms with E-state index in [1.165, 1.54) is 0 Å². The molecule has 2 aromatic rings. The molecule has 1 aliphatic rings. The first-order chi connectivity index (χ1) is 10.1. The van der Waals surface area contributed by atoms with E-state index in [0.29, 0.717) is 28.7 Å². The van der Waals surface area contributed by atoms with Crippen molar-refractivity contribution in [2.24, 2.45) is 0 Å². The summed E-state index contributed by atoms with van der Waals surface area (Å²) in [6, 6.07) is 7.65. The summed E-state index contributed by atoms with van der Waals surface area (Å²) >= 11 is 6.06. The van der Waals surface area contributed by atoms with Crippen molar-refractivity contribution >= 4 is 17.4 Å². The maximum absolute atomic E-state index is 9.38. The molecule has 1 atom stereocenters. The molecule has 2 N–H and O–H groups in total. The van der Waals surface area contributed by atoms with E-state index in [4.69, 9.17) is 22.1 Å². The highest BCUT2D eigenvalue weighted by Gasteiger charge is 2.27. The van der Waals surface area contributed by atoms with Crippen LogP contribution in [0.25, 0.3) is 5.69 Å². The summed E-state index contributed by atoms with van der Waals surface area (Å²) in [5.41, 5.74) is 8.88. The molecule has 1 aliphatic heterocycles. The van der Waals surface area contributed by atoms with Crippen LogP contribution >= 0.6 is 11.6 Å². The van der Waals surface area contributed by atoms with Gasteiger partial charge in [0.05, 0.1) is 5.69 Å². The van der Waals surface area contributed by atoms with Crippen LogP contribution in [0.3, 0.4) is 0 Å². The molecule has 0 aliphatic carbocycles. The van der Waals surface area contributed by atoms with Crippen LogP contribution in [-0.4, -0.2) is 16.4 Å². The molecule has 0 saturated carbocycles. The van der Waals surface area contributed by atoms with Crippen molar-refractivity contribution in [1.29, 1.82) is 5.26 Å². The third-order valence-corrected chi connectivity index (χ3v) is 3.93. The lowest BCUT2D eigenvalue weighted by Crippen LogP contribution is -2.05. The van der Waals surface area contributed by atoms with Crippen LogP contribution in [0.5, 0.6) is 0 Å². The Labute approximate surface area is 127 Å². The van der Waals surface area contributed by atoms with Gasteiger partial charge in [0.15, 0.2) is 0 Å². The molecule has 1 fully saturated rings. The van der Waals surface area contributed by atoms with Gasteiger partial charge in [0.1, 0.15) is 29.2 Å². The number of nitriles is 1. The van der Waals surface area contributed by atoms with Crippen LogP contribution < -0.4 is 5.73 Å². The Morgan fingerprint density at radius 1 is 1.52 bits per heavy atom. The van der Waals surface area contributed by atoms with Crippen LogP contribution in [0.1, 0.15) is 35.8 Å². The predicted molar refractivity (Wildman–Crippen MR) is 80.4 cm³/mol. The summed E-state index contributed by atoms with van der Waals surface area (Å²) in [6.45, 7) is 2.64. The topological polar surface area (TPSA) is 76.9 Å². The van der Waals surface area contributed by atoms with Gasteiger partial charge in [-0.3, -0.25) is 0 Å². The molecule has 1 aromatic heterocycles. The van der Waals surface area contributed by atoms with Gasteiger partial charge in [-0.15, -0.1) is 0 Å². The number of aromatic nitrogens is 2. The Bertz CT molecular complexity index is 726. The summed E-state index contributed by atoms with van der Waals surface area (Å²) in [5.74, 6) is 0.327. The number of rotatable bonds is 2. The lowest BCUT2D eigenvalue weighted by atomic mass is 10.1. The Kier molecular flexibility index (Phi) is 3.58. The van der Waals surface area contributed by atoms with E-state index in [9.17, 15) is 5.26 Å². The largest absolute Gasteiger partial charge is 0.382 e. The minimum absolute atomic E-state index is 0.150. The molecule has 2 heterocycles. The zero-order valence-electron chi connectivity index (χ0n) is 11.6. The molecule has 1 aromatic carbocycles. The molecule has 5 nitrogen and oxygen atoms in total. The number of hydrogen-bond donors (Lipinski definition) is 1. The smallest absolute Gasteiger partial charge is 0.145 e. The lowest BCUT2D eigenvalue weighted by Gasteiger charge is -2.08. The number of nitrogen functional groups attached to an aromatic ring is 1. The molecular formula is C15H15ClN4O. The maximum atomic E-state index is 9.38. The normalized spacial score (nSPS) is 17.9. The van der Waals surface area contributed by atoms with Gasteiger partial charge in [-0.05, 0) is 37.5 Å². The first kappa shape index (κ1) is 13.9. The van der Waals surface area contributed by atoms with Gasteiger partial charge in [-0.1, -0.05) is 17.7 Å². The molecule has 108 valence electrons. The minimum Gasteiger partial charge on any atom is -0.382 e. The zero-order chi connectivity index (χ0) is 15.0. The van der Waals surface area contributed by atoms with E-state index in [0.717, 1.165) is 24.1 Å². The fraction of sp³-hybridized carbons (Fsp3) is 0.333. The number of nitrogens with two attached hydrogens (primary N) is 1. The number of hydrogen-bond acceptors (Lipinski definition) is 4. The van der Waals surface area contributed by atoms with Crippen molar-refractivity contribution in [3.63, 3.8) is 0 Å². The van der Waals surface area contributed by atoms with Gasteiger partial charge in [-0.25, -0.2) is 4.68 Å². The lowest BCUT2D eigenvalue weighted by molar-refractivity contribution is 0.108. The quantitative estimate of drug-likeness (QED) is 0.924. The Morgan fingerprint density at radius 3 is 3.00 bits per heavy atom. The molecule has 1 unspecified atom stereocenters. The number of benzene rings is 1. The van der Waals surface area contributed by atoms with Gasteiger partial charge >= 0.3 is 0 Å². The maximum Gasteiger partial charge on any atom is 0.145 e. The van der Waals surface area contributed by atoms with Gasteiger partial charge < -0.3 is 10.5 Å². The number of ether oxygens (including phenoxy) is 1. The molecule has 3 rings (SSSR count). The first-order valence-corrected chi connectivity index (χ1v) is 7.16. The highest BCUT2D eigenvalue weighted by atomic mass is 35.5. The first-order valence-electron chi connectivity index (χ1n) is 6.78. The van der Waals surface area contributed by atoms with Gasteiger partial charge in [0.2, 0.25) is 0 Å². The van der Waals surface area contributed by atoms with Crippen LogP contribution in [0, 0.1) is 18.3 Å². The van der Waals surface area contributed by atoms with E-state index in [1.807, 2.05) is 19.1 Å². The highest BCUT2D eigenvalue weighted by Crippen LogP contribution is 2.33. The van der Waals surface area contributed by atoms with Crippen molar-refractivity contribution in [3.05, 3.63) is 40.0 Å². The van der Waals surface area contributed by atoms with Crippen molar-refractivity contribution in [2.45, 2.75) is 25.9 Å². The summed E-state index contributed by atoms with van der Waals surface area (Å²) in [4.78, 5) is 0. The molecule has 0 radical (unpaired) electrons. The average Bonchev–Trinajstić information content (AvgIpc) is 3.09. The second kappa shape index (κ2) is 5.40. The van der Waals surface area contributed by atoms with E-state index in [1.54, 1.807) is 10.7 Å². The molecule has 1 saturated heterocycles. The summed E-state index contributed by atoms with van der Waals surface area (Å²) in [7, 11) is 0. The molecule has 21 heavy (non-hydrogen) atoms. The fourth-order valence-electron chi connectivity index (χ4n) is 2.58. The molecule has 6 heteroatoms. The summed E-state index contributed by atoms with van der Waals surface area (Å²) < 4.78 is 7.21. The number of aryl methyl sites for hydroxylation is 1. The van der Waals surface area contributed by atoms with E-state index in [-0.39, 0.29) is 6.10 Å². The van der Waals surface area contributed by atoms with Crippen LogP contribution in [0.2, 0.25) is 5.02 Å². The second-order valence-corrected chi connectivity index (χ2v) is 5.54. The van der Waals surface area contributed by atoms with E-state index in [2.05, 4.69) is 11.2 Å². The standard InChI is InChI=1S/C15H15ClN4O/c1-9-4-5-10(16)7-12(9)20-15(18)11(8-17)14(19-20)13-3-2-6-21-13/h4-5,7,13H,2-3,6,18H2,1H3. The highest BCUT2D eigenvalue weighted by molar-refractivity contribution is 6.30. The molecule has 0 spiro atoms. The average molecular weight is 303 g/mol. The van der Waals surface area contributed by atoms with Gasteiger partial charge in [-0.2, -0.15) is 10.4 Å². The second-order valence-electron chi connectivity index (χ2n) is 5.10. The molecule has 0 amide bonds. The predicted octanol–water partition coefficient (Wildman–Crippen LogP) is 3.14. The number of halogens is 1. The van der Waals surface area contributed by atoms with Crippen molar-refractivity contribution < 1.29 is 4.74 Å². The summed E-state index contributed by atoms with van der Waals surface area (Å²) in [6.07, 6.45) is 1.68. The Hall–Kier alpha value is -2.03. The number of nitrogens with zero attached hydrogens (tertiary/aromatic N) is 3. The third kappa shape index (κ3) is 2.37. The molecular weight excluding hydrogens is 288 g/mol. The third-order valence-electron chi connectivity index (χ3n) is 3.69. The van der Waals surface area contributed by atoms with E-state index < -0.39 is 0 Å². The fourth-order valence-corrected chi connectivity index (χ4v) is 2.74. The Morgan fingerprint density at radius 2 is 2.33 bits per heavy atom. The minimum atomic E-state index is -0.150. The zero-order valence-corrected chi connectivity index (χ0v) is 12.4. The van der Waals surface area contributed by atoms with Crippen molar-refractivity contribution in [2.75, 3.05) is 12.3 Å². The SMILES string of the molecule is Cc1ccc(Cl)cc1-n1nc(C2CCCO2)c(C#N)c1N. The number of anilines is 1. The van der Waals surface area contributed by atoms with Gasteiger partial charge in [0, 0.05) is 11.6 Å². The monoisotopic (exact) mass is 302 g/mol. The van der Waals surface area contributed by atoms with Crippen LogP contribution in [0.15, 0.2) is 18.2 Å². The van der Waals surface area contributed by atoms with Crippen molar-refractivity contribution in [3.8, 4) is 11.8 Å².